The van der Waals surface area contributed by atoms with Gasteiger partial charge in [-0.15, -0.1) is 0 Å². The first kappa shape index (κ1) is 7.32. The second kappa shape index (κ2) is 2.45. The van der Waals surface area contributed by atoms with Gasteiger partial charge in [0.25, 0.3) is 0 Å². The van der Waals surface area contributed by atoms with Crippen LogP contribution in [0.3, 0.4) is 0 Å². The fourth-order valence-electron chi connectivity index (χ4n) is 1.31. The zero-order valence-electron chi connectivity index (χ0n) is 7.10. The number of aryl methyl sites for hydroxylation is 2. The second-order valence-corrected chi connectivity index (χ2v) is 2.60. The Bertz CT molecular complexity index is 236. The Morgan fingerprint density at radius 1 is 1.40 bits per heavy atom. The van der Waals surface area contributed by atoms with E-state index in [-0.39, 0.29) is 0 Å². The molecule has 56 valence electrons. The molecule has 0 N–H and O–H groups in total. The zero-order chi connectivity index (χ0) is 7.72. The average Bonchev–Trinajstić information content (AvgIpc) is 2.09. The predicted octanol–water partition coefficient (Wildman–Crippen LogP) is 1.60. The molecule has 10 heavy (non-hydrogen) atoms. The molecule has 0 spiro atoms. The summed E-state index contributed by atoms with van der Waals surface area (Å²) in [6.07, 6.45) is 1.07. The summed E-state index contributed by atoms with van der Waals surface area (Å²) >= 11 is 0. The van der Waals surface area contributed by atoms with Gasteiger partial charge in [0.05, 0.1) is 5.69 Å². The Morgan fingerprint density at radius 3 is 2.20 bits per heavy atom. The molecule has 0 saturated carbocycles. The maximum Gasteiger partial charge on any atom is 0.105 e. The lowest BCUT2D eigenvalue weighted by atomic mass is 10.3. The Hall–Kier alpha value is -0.790. The highest BCUT2D eigenvalue weighted by Gasteiger charge is 2.04. The molecule has 0 aliphatic heterocycles. The number of nitrogens with zero attached hydrogens (tertiary/aromatic N) is 2. The molecule has 1 heterocycles. The van der Waals surface area contributed by atoms with Crippen LogP contribution in [0.15, 0.2) is 0 Å². The van der Waals surface area contributed by atoms with Crippen molar-refractivity contribution >= 4 is 0 Å². The van der Waals surface area contributed by atoms with Crippen molar-refractivity contribution in [2.24, 2.45) is 7.05 Å². The predicted molar refractivity (Wildman–Crippen MR) is 42.1 cm³/mol. The minimum absolute atomic E-state index is 1.07. The quantitative estimate of drug-likeness (QED) is 0.576. The number of rotatable bonds is 1. The normalized spacial score (nSPS) is 10.4. The van der Waals surface area contributed by atoms with Crippen LogP contribution in [0.1, 0.15) is 24.1 Å². The minimum Gasteiger partial charge on any atom is -0.335 e. The number of imidazole rings is 1. The Kier molecular flexibility index (Phi) is 1.79. The molecular formula is C8H14N2. The van der Waals surface area contributed by atoms with E-state index >= 15 is 0 Å². The molecule has 2 nitrogen and oxygen atoms in total. The van der Waals surface area contributed by atoms with E-state index in [2.05, 4.69) is 30.4 Å². The highest BCUT2D eigenvalue weighted by atomic mass is 15.1. The van der Waals surface area contributed by atoms with E-state index in [1.807, 2.05) is 6.92 Å². The third-order valence-corrected chi connectivity index (χ3v) is 1.97. The second-order valence-electron chi connectivity index (χ2n) is 2.60. The molecule has 0 amide bonds. The summed E-state index contributed by atoms with van der Waals surface area (Å²) < 4.78 is 2.15. The molecule has 0 saturated heterocycles. The van der Waals surface area contributed by atoms with Crippen LogP contribution in [0.25, 0.3) is 0 Å². The van der Waals surface area contributed by atoms with Gasteiger partial charge in [-0.2, -0.15) is 0 Å². The van der Waals surface area contributed by atoms with Crippen LogP contribution in [0.2, 0.25) is 0 Å². The van der Waals surface area contributed by atoms with Crippen LogP contribution >= 0.6 is 0 Å². The van der Waals surface area contributed by atoms with Gasteiger partial charge in [0.2, 0.25) is 0 Å². The standard InChI is InChI=1S/C8H14N2/c1-5-8-6(2)9-7(3)10(8)4/h5H2,1-4H3. The fraction of sp³-hybridized carbons (Fsp3) is 0.625. The molecule has 0 aromatic carbocycles. The molecule has 1 aromatic rings. The highest BCUT2D eigenvalue weighted by molar-refractivity contribution is 5.14. The molecule has 0 bridgehead atoms. The van der Waals surface area contributed by atoms with Crippen LogP contribution < -0.4 is 0 Å². The van der Waals surface area contributed by atoms with E-state index in [0.29, 0.717) is 0 Å². The van der Waals surface area contributed by atoms with Crippen molar-refractivity contribution in [1.82, 2.24) is 9.55 Å². The van der Waals surface area contributed by atoms with Crippen LogP contribution in [0.4, 0.5) is 0 Å². The van der Waals surface area contributed by atoms with Gasteiger partial charge in [0, 0.05) is 12.7 Å². The Labute approximate surface area is 61.9 Å². The molecule has 0 atom stereocenters. The van der Waals surface area contributed by atoms with Gasteiger partial charge in [-0.05, 0) is 20.3 Å². The maximum absolute atomic E-state index is 4.34. The summed E-state index contributed by atoms with van der Waals surface area (Å²) in [5.74, 6) is 1.11. The first-order chi connectivity index (χ1) is 4.66. The minimum atomic E-state index is 1.07. The highest BCUT2D eigenvalue weighted by Crippen LogP contribution is 2.08. The first-order valence-electron chi connectivity index (χ1n) is 3.65. The number of aromatic nitrogens is 2. The van der Waals surface area contributed by atoms with Gasteiger partial charge >= 0.3 is 0 Å². The lowest BCUT2D eigenvalue weighted by Gasteiger charge is -1.99. The summed E-state index contributed by atoms with van der Waals surface area (Å²) in [5, 5.41) is 0. The third-order valence-electron chi connectivity index (χ3n) is 1.97. The van der Waals surface area contributed by atoms with Crippen molar-refractivity contribution in [2.75, 3.05) is 0 Å². The van der Waals surface area contributed by atoms with Gasteiger partial charge in [-0.1, -0.05) is 6.92 Å². The number of hydrogen-bond donors (Lipinski definition) is 0. The molecule has 0 aliphatic rings. The molecule has 0 aliphatic carbocycles. The summed E-state index contributed by atoms with van der Waals surface area (Å²) in [7, 11) is 2.06. The van der Waals surface area contributed by atoms with Crippen LogP contribution in [-0.2, 0) is 13.5 Å². The van der Waals surface area contributed by atoms with E-state index in [1.54, 1.807) is 0 Å². The monoisotopic (exact) mass is 138 g/mol. The van der Waals surface area contributed by atoms with Crippen LogP contribution in [0, 0.1) is 13.8 Å². The summed E-state index contributed by atoms with van der Waals surface area (Å²) in [4.78, 5) is 4.34. The lowest BCUT2D eigenvalue weighted by Crippen LogP contribution is -1.96. The lowest BCUT2D eigenvalue weighted by molar-refractivity contribution is 0.795. The van der Waals surface area contributed by atoms with Crippen LogP contribution in [-0.4, -0.2) is 9.55 Å². The largest absolute Gasteiger partial charge is 0.335 e. The average molecular weight is 138 g/mol. The smallest absolute Gasteiger partial charge is 0.105 e. The molecular weight excluding hydrogens is 124 g/mol. The molecule has 1 aromatic heterocycles. The fourth-order valence-corrected chi connectivity index (χ4v) is 1.31. The van der Waals surface area contributed by atoms with Gasteiger partial charge < -0.3 is 4.57 Å². The molecule has 0 fully saturated rings. The van der Waals surface area contributed by atoms with Gasteiger partial charge in [-0.3, -0.25) is 0 Å². The first-order valence-corrected chi connectivity index (χ1v) is 3.65. The number of hydrogen-bond acceptors (Lipinski definition) is 1. The Morgan fingerprint density at radius 2 is 2.00 bits per heavy atom. The topological polar surface area (TPSA) is 17.8 Å². The van der Waals surface area contributed by atoms with Crippen molar-refractivity contribution in [1.29, 1.82) is 0 Å². The van der Waals surface area contributed by atoms with Crippen molar-refractivity contribution in [3.63, 3.8) is 0 Å². The summed E-state index contributed by atoms with van der Waals surface area (Å²) in [6.45, 7) is 6.25. The molecule has 0 radical (unpaired) electrons. The molecule has 2 heteroatoms. The maximum atomic E-state index is 4.34. The zero-order valence-corrected chi connectivity index (χ0v) is 7.10. The van der Waals surface area contributed by atoms with E-state index in [4.69, 9.17) is 0 Å². The summed E-state index contributed by atoms with van der Waals surface area (Å²) in [5.41, 5.74) is 2.51. The SMILES string of the molecule is CCc1c(C)nc(C)n1C. The van der Waals surface area contributed by atoms with Crippen molar-refractivity contribution < 1.29 is 0 Å². The van der Waals surface area contributed by atoms with E-state index in [9.17, 15) is 0 Å². The Balaban J connectivity index is 3.20. The molecule has 0 unspecified atom stereocenters. The van der Waals surface area contributed by atoms with E-state index in [0.717, 1.165) is 12.2 Å². The van der Waals surface area contributed by atoms with Crippen molar-refractivity contribution in [2.45, 2.75) is 27.2 Å². The van der Waals surface area contributed by atoms with Crippen molar-refractivity contribution in [3.8, 4) is 0 Å². The van der Waals surface area contributed by atoms with E-state index in [1.165, 1.54) is 11.4 Å². The molecule has 1 rings (SSSR count). The van der Waals surface area contributed by atoms with Gasteiger partial charge in [0.15, 0.2) is 0 Å². The third kappa shape index (κ3) is 0.939. The summed E-state index contributed by atoms with van der Waals surface area (Å²) in [6, 6.07) is 0. The van der Waals surface area contributed by atoms with Gasteiger partial charge in [-0.25, -0.2) is 4.98 Å². The van der Waals surface area contributed by atoms with E-state index < -0.39 is 0 Å². The van der Waals surface area contributed by atoms with Crippen molar-refractivity contribution in [3.05, 3.63) is 17.2 Å². The van der Waals surface area contributed by atoms with Gasteiger partial charge in [0.1, 0.15) is 5.82 Å². The van der Waals surface area contributed by atoms with Crippen LogP contribution in [0.5, 0.6) is 0 Å².